The summed E-state index contributed by atoms with van der Waals surface area (Å²) in [6, 6.07) is 7.60. The Balaban J connectivity index is 0.000000791. The average molecular weight is 193 g/mol. The zero-order chi connectivity index (χ0) is 11.1. The molecule has 2 nitrogen and oxygen atoms in total. The van der Waals surface area contributed by atoms with Gasteiger partial charge >= 0.3 is 0 Å². The predicted molar refractivity (Wildman–Crippen MR) is 60.5 cm³/mol. The molecule has 2 heteroatoms. The molecule has 14 heavy (non-hydrogen) atoms. The summed E-state index contributed by atoms with van der Waals surface area (Å²) in [5, 5.41) is 0. The Labute approximate surface area is 86.5 Å². The molecule has 0 aliphatic rings. The van der Waals surface area contributed by atoms with E-state index in [0.29, 0.717) is 0 Å². The Morgan fingerprint density at radius 2 is 1.64 bits per heavy atom. The van der Waals surface area contributed by atoms with E-state index < -0.39 is 0 Å². The van der Waals surface area contributed by atoms with Gasteiger partial charge in [0.25, 0.3) is 5.91 Å². The summed E-state index contributed by atoms with van der Waals surface area (Å²) in [5.74, 6) is 0.0631. The van der Waals surface area contributed by atoms with Gasteiger partial charge in [-0.25, -0.2) is 0 Å². The molecule has 78 valence electrons. The molecule has 0 spiro atoms. The molecular weight excluding hydrogens is 174 g/mol. The van der Waals surface area contributed by atoms with E-state index in [0.717, 1.165) is 11.1 Å². The van der Waals surface area contributed by atoms with E-state index in [1.807, 2.05) is 45.0 Å². The number of carbonyl (C=O) groups is 1. The molecule has 0 bridgehead atoms. The zero-order valence-corrected chi connectivity index (χ0v) is 9.66. The van der Waals surface area contributed by atoms with Gasteiger partial charge in [-0.05, 0) is 18.6 Å². The summed E-state index contributed by atoms with van der Waals surface area (Å²) in [7, 11) is 3.52. The molecule has 0 unspecified atom stereocenters. The molecule has 0 aliphatic carbocycles. The molecule has 0 saturated heterocycles. The molecule has 0 aliphatic heterocycles. The SMILES string of the molecule is CC.Cc1ccccc1C(=O)N(C)C. The Hall–Kier alpha value is -1.31. The third-order valence-electron chi connectivity index (χ3n) is 1.78. The van der Waals surface area contributed by atoms with Gasteiger partial charge in [-0.15, -0.1) is 0 Å². The van der Waals surface area contributed by atoms with Crippen LogP contribution >= 0.6 is 0 Å². The van der Waals surface area contributed by atoms with Crippen molar-refractivity contribution in [2.24, 2.45) is 0 Å². The van der Waals surface area contributed by atoms with Crippen LogP contribution in [0.15, 0.2) is 24.3 Å². The van der Waals surface area contributed by atoms with Crippen LogP contribution in [0.1, 0.15) is 29.8 Å². The topological polar surface area (TPSA) is 20.3 Å². The lowest BCUT2D eigenvalue weighted by molar-refractivity contribution is 0.0827. The van der Waals surface area contributed by atoms with Gasteiger partial charge < -0.3 is 4.90 Å². The molecule has 0 fully saturated rings. The fourth-order valence-electron chi connectivity index (χ4n) is 1.05. The van der Waals surface area contributed by atoms with Crippen LogP contribution in [0.25, 0.3) is 0 Å². The largest absolute Gasteiger partial charge is 0.345 e. The van der Waals surface area contributed by atoms with Crippen LogP contribution in [-0.2, 0) is 0 Å². The second-order valence-electron chi connectivity index (χ2n) is 3.01. The predicted octanol–water partition coefficient (Wildman–Crippen LogP) is 2.72. The first-order valence-corrected chi connectivity index (χ1v) is 4.90. The van der Waals surface area contributed by atoms with Crippen molar-refractivity contribution in [1.82, 2.24) is 4.90 Å². The number of amides is 1. The van der Waals surface area contributed by atoms with Crippen molar-refractivity contribution < 1.29 is 4.79 Å². The molecule has 1 rings (SSSR count). The van der Waals surface area contributed by atoms with Gasteiger partial charge in [0.15, 0.2) is 0 Å². The Morgan fingerprint density at radius 3 is 2.07 bits per heavy atom. The van der Waals surface area contributed by atoms with Gasteiger partial charge in [-0.1, -0.05) is 32.0 Å². The van der Waals surface area contributed by atoms with Crippen LogP contribution in [0, 0.1) is 6.92 Å². The summed E-state index contributed by atoms with van der Waals surface area (Å²) in [6.07, 6.45) is 0. The number of aryl methyl sites for hydroxylation is 1. The van der Waals surface area contributed by atoms with E-state index in [4.69, 9.17) is 0 Å². The third kappa shape index (κ3) is 3.21. The lowest BCUT2D eigenvalue weighted by atomic mass is 10.1. The van der Waals surface area contributed by atoms with Crippen molar-refractivity contribution in [3.8, 4) is 0 Å². The zero-order valence-electron chi connectivity index (χ0n) is 9.66. The molecule has 0 radical (unpaired) electrons. The highest BCUT2D eigenvalue weighted by atomic mass is 16.2. The van der Waals surface area contributed by atoms with Gasteiger partial charge in [0.1, 0.15) is 0 Å². The number of carbonyl (C=O) groups excluding carboxylic acids is 1. The van der Waals surface area contributed by atoms with Crippen LogP contribution in [-0.4, -0.2) is 24.9 Å². The highest BCUT2D eigenvalue weighted by molar-refractivity contribution is 5.95. The van der Waals surface area contributed by atoms with Gasteiger partial charge in [0.2, 0.25) is 0 Å². The maximum Gasteiger partial charge on any atom is 0.253 e. The second-order valence-corrected chi connectivity index (χ2v) is 3.01. The van der Waals surface area contributed by atoms with E-state index >= 15 is 0 Å². The fourth-order valence-corrected chi connectivity index (χ4v) is 1.05. The van der Waals surface area contributed by atoms with E-state index in [-0.39, 0.29) is 5.91 Å². The van der Waals surface area contributed by atoms with Crippen molar-refractivity contribution in [2.45, 2.75) is 20.8 Å². The first-order valence-electron chi connectivity index (χ1n) is 4.90. The Bertz CT molecular complexity index is 292. The second kappa shape index (κ2) is 6.19. The smallest absolute Gasteiger partial charge is 0.253 e. The number of hydrogen-bond acceptors (Lipinski definition) is 1. The lowest BCUT2D eigenvalue weighted by Gasteiger charge is -2.11. The standard InChI is InChI=1S/C10H13NO.C2H6/c1-8-6-4-5-7-9(8)10(12)11(2)3;1-2/h4-7H,1-3H3;1-2H3. The first-order chi connectivity index (χ1) is 6.63. The van der Waals surface area contributed by atoms with Crippen LogP contribution in [0.5, 0.6) is 0 Å². The van der Waals surface area contributed by atoms with Crippen molar-refractivity contribution in [3.05, 3.63) is 35.4 Å². The minimum absolute atomic E-state index is 0.0631. The minimum atomic E-state index is 0.0631. The van der Waals surface area contributed by atoms with Gasteiger partial charge in [0, 0.05) is 19.7 Å². The Morgan fingerprint density at radius 1 is 1.14 bits per heavy atom. The van der Waals surface area contributed by atoms with E-state index in [1.54, 1.807) is 19.0 Å². The monoisotopic (exact) mass is 193 g/mol. The van der Waals surface area contributed by atoms with Gasteiger partial charge in [0.05, 0.1) is 0 Å². The maximum absolute atomic E-state index is 11.5. The van der Waals surface area contributed by atoms with E-state index in [2.05, 4.69) is 0 Å². The average Bonchev–Trinajstić information content (AvgIpc) is 2.20. The number of rotatable bonds is 1. The van der Waals surface area contributed by atoms with E-state index in [1.165, 1.54) is 0 Å². The van der Waals surface area contributed by atoms with Crippen LogP contribution in [0.2, 0.25) is 0 Å². The van der Waals surface area contributed by atoms with Crippen molar-refractivity contribution >= 4 is 5.91 Å². The molecular formula is C12H19NO. The lowest BCUT2D eigenvalue weighted by Crippen LogP contribution is -2.22. The maximum atomic E-state index is 11.5. The third-order valence-corrected chi connectivity index (χ3v) is 1.78. The quantitative estimate of drug-likeness (QED) is 0.671. The van der Waals surface area contributed by atoms with Crippen molar-refractivity contribution in [1.29, 1.82) is 0 Å². The highest BCUT2D eigenvalue weighted by Gasteiger charge is 2.08. The Kier molecular flexibility index (Phi) is 5.61. The molecule has 1 amide bonds. The van der Waals surface area contributed by atoms with E-state index in [9.17, 15) is 4.79 Å². The van der Waals surface area contributed by atoms with Crippen LogP contribution < -0.4 is 0 Å². The molecule has 0 heterocycles. The first kappa shape index (κ1) is 12.7. The molecule has 1 aromatic rings. The summed E-state index contributed by atoms with van der Waals surface area (Å²) in [5.41, 5.74) is 1.80. The summed E-state index contributed by atoms with van der Waals surface area (Å²) >= 11 is 0. The summed E-state index contributed by atoms with van der Waals surface area (Å²) in [6.45, 7) is 5.94. The van der Waals surface area contributed by atoms with Crippen LogP contribution in [0.3, 0.4) is 0 Å². The number of hydrogen-bond donors (Lipinski definition) is 0. The normalized spacial score (nSPS) is 8.64. The van der Waals surface area contributed by atoms with Crippen molar-refractivity contribution in [3.63, 3.8) is 0 Å². The minimum Gasteiger partial charge on any atom is -0.345 e. The fraction of sp³-hybridized carbons (Fsp3) is 0.417. The van der Waals surface area contributed by atoms with Gasteiger partial charge in [-0.2, -0.15) is 0 Å². The molecule has 0 atom stereocenters. The summed E-state index contributed by atoms with van der Waals surface area (Å²) < 4.78 is 0. The van der Waals surface area contributed by atoms with Crippen LogP contribution in [0.4, 0.5) is 0 Å². The number of benzene rings is 1. The molecule has 0 saturated carbocycles. The van der Waals surface area contributed by atoms with Gasteiger partial charge in [-0.3, -0.25) is 4.79 Å². The molecule has 0 aromatic heterocycles. The molecule has 1 aromatic carbocycles. The number of nitrogens with zero attached hydrogens (tertiary/aromatic N) is 1. The summed E-state index contributed by atoms with van der Waals surface area (Å²) in [4.78, 5) is 13.1. The van der Waals surface area contributed by atoms with Crippen molar-refractivity contribution in [2.75, 3.05) is 14.1 Å². The molecule has 0 N–H and O–H groups in total. The highest BCUT2D eigenvalue weighted by Crippen LogP contribution is 2.08.